The van der Waals surface area contributed by atoms with E-state index in [1.165, 1.54) is 10.9 Å². The summed E-state index contributed by atoms with van der Waals surface area (Å²) in [6.45, 7) is 39.3. The fraction of sp³-hybridized carbons (Fsp3) is 0.774. The Labute approximate surface area is 509 Å². The van der Waals surface area contributed by atoms with E-state index in [1.54, 1.807) is 27.7 Å². The molecule has 0 saturated carbocycles. The van der Waals surface area contributed by atoms with Crippen LogP contribution < -0.4 is 21.8 Å². The van der Waals surface area contributed by atoms with Crippen molar-refractivity contribution in [2.75, 3.05) is 23.8 Å². The molecule has 4 fully saturated rings. The van der Waals surface area contributed by atoms with Gasteiger partial charge in [0.1, 0.15) is 30.5 Å². The largest absolute Gasteiger partial charge is 0.523 e. The molecule has 2 amide bonds. The van der Waals surface area contributed by atoms with Crippen molar-refractivity contribution < 1.29 is 75.9 Å². The molecule has 4 saturated heterocycles. The first-order valence-corrected chi connectivity index (χ1v) is 39.1. The molecule has 8 rings (SSSR count). The molecule has 4 aliphatic heterocycles. The molecule has 4 aromatic heterocycles. The van der Waals surface area contributed by atoms with Crippen molar-refractivity contribution in [2.45, 2.75) is 237 Å². The van der Waals surface area contributed by atoms with Gasteiger partial charge in [0, 0.05) is 11.8 Å². The highest BCUT2D eigenvalue weighted by Crippen LogP contribution is 2.51. The summed E-state index contributed by atoms with van der Waals surface area (Å²) in [5, 5.41) is 16.8. The molecule has 0 spiro atoms. The van der Waals surface area contributed by atoms with Gasteiger partial charge in [-0.1, -0.05) is 138 Å². The summed E-state index contributed by atoms with van der Waals surface area (Å²) in [7, 11) is -18.5. The average Bonchev–Trinajstić information content (AvgIpc) is 1.70. The van der Waals surface area contributed by atoms with Gasteiger partial charge in [-0.05, 0) is 44.3 Å². The Kier molecular flexibility index (Phi) is 21.2. The zero-order chi connectivity index (χ0) is 65.2. The summed E-state index contributed by atoms with van der Waals surface area (Å²) in [6, 6.07) is 0. The molecule has 8 atom stereocenters. The molecule has 0 bridgehead atoms. The van der Waals surface area contributed by atoms with Crippen LogP contribution in [0.15, 0.2) is 22.2 Å². The predicted molar refractivity (Wildman–Crippen MR) is 325 cm³/mol. The molecule has 0 unspecified atom stereocenters. The van der Waals surface area contributed by atoms with Gasteiger partial charge in [0.2, 0.25) is 23.7 Å². The summed E-state index contributed by atoms with van der Waals surface area (Å²) in [5.41, 5.74) is -7.33. The van der Waals surface area contributed by atoms with E-state index in [4.69, 9.17) is 39.6 Å². The molecule has 5 N–H and O–H groups in total. The maximum Gasteiger partial charge on any atom is 0.523 e. The molecular formula is C53H89F3N10O16SSi4. The van der Waals surface area contributed by atoms with Crippen LogP contribution in [0.4, 0.5) is 25.1 Å². The number of aliphatic hydroxyl groups excluding tert-OH is 1. The number of carbonyl (C=O) groups is 2. The molecular weight excluding hydrogens is 1230 g/mol. The summed E-state index contributed by atoms with van der Waals surface area (Å²) >= 11 is 0. The summed E-state index contributed by atoms with van der Waals surface area (Å²) in [4.78, 5) is 72.2. The highest BCUT2D eigenvalue weighted by molar-refractivity contribution is 7.87. The fourth-order valence-corrected chi connectivity index (χ4v) is 34.9. The first-order valence-electron chi connectivity index (χ1n) is 29.8. The number of H-pyrrole nitrogens is 2. The second-order valence-electron chi connectivity index (χ2n) is 26.0. The number of carbonyl (C=O) groups excluding carboxylic acids is 2. The van der Waals surface area contributed by atoms with Crippen molar-refractivity contribution in [2.24, 2.45) is 11.8 Å². The van der Waals surface area contributed by atoms with Crippen LogP contribution in [-0.4, -0.2) is 154 Å². The van der Waals surface area contributed by atoms with Crippen LogP contribution in [0.3, 0.4) is 0 Å². The van der Waals surface area contributed by atoms with E-state index >= 15 is 0 Å². The maximum absolute atomic E-state index is 13.8. The predicted octanol–water partition coefficient (Wildman–Crippen LogP) is 8.73. The van der Waals surface area contributed by atoms with E-state index in [1.807, 2.05) is 55.4 Å². The third-order valence-electron chi connectivity index (χ3n) is 16.7. The number of fused-ring (bicyclic) bond motifs is 4. The van der Waals surface area contributed by atoms with Crippen LogP contribution in [0.25, 0.3) is 22.3 Å². The normalized spacial score (nSPS) is 25.8. The van der Waals surface area contributed by atoms with Gasteiger partial charge in [-0.2, -0.15) is 31.6 Å². The molecule has 490 valence electrons. The number of imidazole rings is 2. The van der Waals surface area contributed by atoms with Crippen molar-refractivity contribution in [1.29, 1.82) is 0 Å². The van der Waals surface area contributed by atoms with E-state index in [0.29, 0.717) is 0 Å². The number of nitrogens with one attached hydrogen (secondary N) is 4. The van der Waals surface area contributed by atoms with Crippen LogP contribution >= 0.6 is 0 Å². The minimum atomic E-state index is -6.20. The minimum Gasteiger partial charge on any atom is -0.414 e. The van der Waals surface area contributed by atoms with Crippen molar-refractivity contribution in [3.8, 4) is 0 Å². The lowest BCUT2D eigenvalue weighted by Crippen LogP contribution is -2.66. The van der Waals surface area contributed by atoms with Gasteiger partial charge in [-0.25, -0.2) is 9.97 Å². The second kappa shape index (κ2) is 26.2. The van der Waals surface area contributed by atoms with Gasteiger partial charge >= 0.3 is 49.9 Å². The smallest absolute Gasteiger partial charge is 0.414 e. The van der Waals surface area contributed by atoms with E-state index < -0.39 is 122 Å². The van der Waals surface area contributed by atoms with Crippen molar-refractivity contribution in [3.63, 3.8) is 0 Å². The first-order chi connectivity index (χ1) is 40.2. The quantitative estimate of drug-likeness (QED) is 0.0397. The van der Waals surface area contributed by atoms with E-state index in [0.717, 1.165) is 10.9 Å². The number of halogens is 3. The number of amides is 2. The number of hydrogen-bond donors (Lipinski definition) is 5. The number of rotatable bonds is 16. The standard InChI is InChI=1S/C27H44F3N5O9SSi2.C26H45N5O7Si2/c1-13(2)23(36)33-26-32-22-19(24(37)34-26)31-12-35(22)25-21(42-45(38,39)27(28,29)30)20-18(41-25)11-40-46(14(3)4,15(5)6)44-47(43-20,16(7)8)17(9)10;1-13(2)23(33)29-26-28-22-19(24(34)30-26)27-12-31(22)25-20(32)21-18(36-25)11-35-39(14(3)4,15(5)6)38-40(37-21,16(7)8)17(9)10/h12-18,20-21,25H,11H2,1-10H3,(H2,32,33,34,36,37);12-18,20-21,25,32H,11H2,1-10H3,(H2,28,29,30,33,34)/t2*18-,20-,21-,25-/m11/s1. The van der Waals surface area contributed by atoms with E-state index in [-0.39, 0.29) is 104 Å². The van der Waals surface area contributed by atoms with Crippen molar-refractivity contribution in [3.05, 3.63) is 33.4 Å². The van der Waals surface area contributed by atoms with Gasteiger partial charge in [0.15, 0.2) is 40.9 Å². The average molecular weight is 1320 g/mol. The number of anilines is 2. The van der Waals surface area contributed by atoms with Crippen LogP contribution in [0.1, 0.15) is 151 Å². The van der Waals surface area contributed by atoms with Gasteiger partial charge in [-0.15, -0.1) is 0 Å². The highest BCUT2D eigenvalue weighted by atomic mass is 32.2. The SMILES string of the molecule is CC(C)C(=O)Nc1nc2c(ncn2[C@@H]2O[C@@H]3CO[Si](C(C)C)(C(C)C)O[Si](C(C)C)(C(C)C)O[C@H]3[C@H]2O)c(=O)[nH]1.CC(C)C(=O)Nc1nc2c(ncn2[C@@H]2O[C@@H]3CO[Si](C(C)C)(C(C)C)O[Si](C(C)C)(C(C)C)O[C@H]3[C@H]2OS(=O)(=O)C(F)(F)F)c(=O)[nH]1. The van der Waals surface area contributed by atoms with Gasteiger partial charge in [-0.3, -0.25) is 53.1 Å². The number of ether oxygens (including phenoxy) is 2. The molecule has 8 heterocycles. The maximum atomic E-state index is 13.8. The van der Waals surface area contributed by atoms with Crippen LogP contribution in [0.5, 0.6) is 0 Å². The van der Waals surface area contributed by atoms with Gasteiger partial charge in [0.05, 0.1) is 25.9 Å². The van der Waals surface area contributed by atoms with Gasteiger partial charge < -0.3 is 40.5 Å². The number of hydrogen-bond acceptors (Lipinski definition) is 20. The number of aromatic nitrogens is 8. The molecule has 0 aromatic carbocycles. The topological polar surface area (TPSA) is 323 Å². The Hall–Kier alpha value is -4.15. The zero-order valence-corrected chi connectivity index (χ0v) is 58.1. The molecule has 4 aliphatic rings. The first kappa shape index (κ1) is 70.3. The second-order valence-corrected chi connectivity index (χ2v) is 45.2. The highest BCUT2D eigenvalue weighted by Gasteiger charge is 2.65. The summed E-state index contributed by atoms with van der Waals surface area (Å²) in [6.07, 6.45) is -6.96. The minimum absolute atomic E-state index is 0.000117. The Bertz CT molecular complexity index is 3310. The van der Waals surface area contributed by atoms with Crippen LogP contribution in [0, 0.1) is 11.8 Å². The number of aliphatic hydroxyl groups is 1. The van der Waals surface area contributed by atoms with E-state index in [9.17, 15) is 45.9 Å². The Balaban J connectivity index is 0.000000252. The van der Waals surface area contributed by atoms with E-state index in [2.05, 4.69) is 95.9 Å². The molecule has 87 heavy (non-hydrogen) atoms. The molecule has 26 nitrogen and oxygen atoms in total. The number of aromatic amines is 2. The Morgan fingerprint density at radius 2 is 0.943 bits per heavy atom. The summed E-state index contributed by atoms with van der Waals surface area (Å²) in [5.74, 6) is -1.79. The Morgan fingerprint density at radius 3 is 1.30 bits per heavy atom. The molecule has 34 heteroatoms. The van der Waals surface area contributed by atoms with Crippen LogP contribution in [-0.2, 0) is 59.3 Å². The molecule has 4 aromatic rings. The Morgan fingerprint density at radius 1 is 0.598 bits per heavy atom. The number of alkyl halides is 3. The third kappa shape index (κ3) is 13.3. The fourth-order valence-electron chi connectivity index (χ4n) is 11.9. The molecule has 0 radical (unpaired) electrons. The van der Waals surface area contributed by atoms with Gasteiger partial charge in [0.25, 0.3) is 11.1 Å². The van der Waals surface area contributed by atoms with Crippen molar-refractivity contribution in [1.82, 2.24) is 39.0 Å². The lowest BCUT2D eigenvalue weighted by molar-refractivity contribution is -0.119. The lowest BCUT2D eigenvalue weighted by atomic mass is 10.1. The monoisotopic (exact) mass is 1320 g/mol. The van der Waals surface area contributed by atoms with Crippen LogP contribution in [0.2, 0.25) is 44.3 Å². The van der Waals surface area contributed by atoms with Crippen molar-refractivity contribution >= 4 is 90.4 Å². The number of nitrogens with zero attached hydrogens (tertiary/aromatic N) is 6. The molecule has 0 aliphatic carbocycles. The zero-order valence-electron chi connectivity index (χ0n) is 53.3. The third-order valence-corrected chi connectivity index (χ3v) is 38.3. The lowest BCUT2D eigenvalue weighted by Gasteiger charge is -2.51. The summed E-state index contributed by atoms with van der Waals surface area (Å²) < 4.78 is 128.